The number of hydrogen-bond donors (Lipinski definition) is 1. The minimum absolute atomic E-state index is 0.124. The van der Waals surface area contributed by atoms with Gasteiger partial charge in [0.25, 0.3) is 5.69 Å². The van der Waals surface area contributed by atoms with Gasteiger partial charge in [0.2, 0.25) is 0 Å². The molecule has 0 aliphatic heterocycles. The highest BCUT2D eigenvalue weighted by Crippen LogP contribution is 2.24. The summed E-state index contributed by atoms with van der Waals surface area (Å²) in [7, 11) is 0. The SMILES string of the molecule is N#Cc1cc([N+](=O)[O-])ccc1Nc1cccc(F)c1. The molecule has 0 fully saturated rings. The van der Waals surface area contributed by atoms with Crippen LogP contribution in [0.25, 0.3) is 0 Å². The molecule has 0 aromatic heterocycles. The fourth-order valence-corrected chi connectivity index (χ4v) is 1.57. The molecule has 19 heavy (non-hydrogen) atoms. The fraction of sp³-hybridized carbons (Fsp3) is 0. The topological polar surface area (TPSA) is 79.0 Å². The lowest BCUT2D eigenvalue weighted by molar-refractivity contribution is -0.384. The second-order valence-electron chi connectivity index (χ2n) is 3.73. The molecule has 2 rings (SSSR count). The molecule has 2 aromatic rings. The zero-order valence-electron chi connectivity index (χ0n) is 9.63. The first kappa shape index (κ1) is 12.5. The Morgan fingerprint density at radius 3 is 2.68 bits per heavy atom. The first-order chi connectivity index (χ1) is 9.10. The van der Waals surface area contributed by atoms with Gasteiger partial charge in [-0.1, -0.05) is 6.07 Å². The Balaban J connectivity index is 2.36. The van der Waals surface area contributed by atoms with E-state index in [0.717, 1.165) is 0 Å². The second kappa shape index (κ2) is 5.14. The van der Waals surface area contributed by atoms with Crippen LogP contribution in [0.3, 0.4) is 0 Å². The van der Waals surface area contributed by atoms with Gasteiger partial charge in [-0.15, -0.1) is 0 Å². The average Bonchev–Trinajstić information content (AvgIpc) is 2.39. The molecular formula is C13H8FN3O2. The number of halogens is 1. The Kier molecular flexibility index (Phi) is 3.39. The maximum atomic E-state index is 13.0. The van der Waals surface area contributed by atoms with Crippen LogP contribution < -0.4 is 5.32 Å². The highest BCUT2D eigenvalue weighted by atomic mass is 19.1. The quantitative estimate of drug-likeness (QED) is 0.675. The van der Waals surface area contributed by atoms with Crippen molar-refractivity contribution in [3.8, 4) is 6.07 Å². The minimum atomic E-state index is -0.577. The normalized spacial score (nSPS) is 9.68. The molecule has 0 radical (unpaired) electrons. The molecule has 1 N–H and O–H groups in total. The van der Waals surface area contributed by atoms with Gasteiger partial charge in [0.15, 0.2) is 0 Å². The average molecular weight is 257 g/mol. The highest BCUT2D eigenvalue weighted by Gasteiger charge is 2.10. The number of hydrogen-bond acceptors (Lipinski definition) is 4. The van der Waals surface area contributed by atoms with Gasteiger partial charge >= 0.3 is 0 Å². The van der Waals surface area contributed by atoms with Gasteiger partial charge in [-0.05, 0) is 24.3 Å². The van der Waals surface area contributed by atoms with Crippen molar-refractivity contribution in [1.29, 1.82) is 5.26 Å². The summed E-state index contributed by atoms with van der Waals surface area (Å²) in [5, 5.41) is 22.4. The highest BCUT2D eigenvalue weighted by molar-refractivity contribution is 5.68. The fourth-order valence-electron chi connectivity index (χ4n) is 1.57. The van der Waals surface area contributed by atoms with E-state index in [2.05, 4.69) is 5.32 Å². The Hall–Kier alpha value is -2.94. The zero-order chi connectivity index (χ0) is 13.8. The molecule has 0 spiro atoms. The van der Waals surface area contributed by atoms with Gasteiger partial charge in [0, 0.05) is 17.8 Å². The number of nitro benzene ring substituents is 1. The second-order valence-corrected chi connectivity index (χ2v) is 3.73. The first-order valence-corrected chi connectivity index (χ1v) is 5.31. The Labute approximate surface area is 108 Å². The number of anilines is 2. The molecule has 0 atom stereocenters. The Morgan fingerprint density at radius 1 is 1.26 bits per heavy atom. The van der Waals surface area contributed by atoms with E-state index in [0.29, 0.717) is 11.4 Å². The van der Waals surface area contributed by atoms with Gasteiger partial charge in [-0.3, -0.25) is 10.1 Å². The monoisotopic (exact) mass is 257 g/mol. The summed E-state index contributed by atoms with van der Waals surface area (Å²) >= 11 is 0. The number of nitrogens with zero attached hydrogens (tertiary/aromatic N) is 2. The predicted octanol–water partition coefficient (Wildman–Crippen LogP) is 3.35. The molecule has 0 bridgehead atoms. The van der Waals surface area contributed by atoms with Crippen molar-refractivity contribution in [3.63, 3.8) is 0 Å². The Bertz CT molecular complexity index is 680. The maximum Gasteiger partial charge on any atom is 0.270 e. The van der Waals surface area contributed by atoms with Gasteiger partial charge in [0.1, 0.15) is 11.9 Å². The lowest BCUT2D eigenvalue weighted by Crippen LogP contribution is -1.96. The van der Waals surface area contributed by atoms with E-state index in [-0.39, 0.29) is 11.3 Å². The molecule has 6 heteroatoms. The molecule has 0 aliphatic carbocycles. The number of nitrogens with one attached hydrogen (secondary N) is 1. The van der Waals surface area contributed by atoms with Crippen LogP contribution in [0, 0.1) is 27.3 Å². The van der Waals surface area contributed by atoms with Crippen LogP contribution in [-0.2, 0) is 0 Å². The van der Waals surface area contributed by atoms with Gasteiger partial charge in [-0.2, -0.15) is 5.26 Å². The lowest BCUT2D eigenvalue weighted by atomic mass is 10.1. The van der Waals surface area contributed by atoms with Crippen LogP contribution in [0.4, 0.5) is 21.5 Å². The molecule has 0 amide bonds. The van der Waals surface area contributed by atoms with E-state index in [1.807, 2.05) is 6.07 Å². The van der Waals surface area contributed by atoms with E-state index in [9.17, 15) is 14.5 Å². The van der Waals surface area contributed by atoms with Crippen LogP contribution in [0.2, 0.25) is 0 Å². The van der Waals surface area contributed by atoms with E-state index >= 15 is 0 Å². The third-order valence-electron chi connectivity index (χ3n) is 2.44. The predicted molar refractivity (Wildman–Crippen MR) is 67.5 cm³/mol. The summed E-state index contributed by atoms with van der Waals surface area (Å²) in [6, 6.07) is 11.4. The first-order valence-electron chi connectivity index (χ1n) is 5.31. The Morgan fingerprint density at radius 2 is 2.05 bits per heavy atom. The standard InChI is InChI=1S/C13H8FN3O2/c14-10-2-1-3-11(7-10)16-13-5-4-12(17(18)19)6-9(13)8-15/h1-7,16H. The van der Waals surface area contributed by atoms with E-state index in [1.165, 1.54) is 36.4 Å². The van der Waals surface area contributed by atoms with E-state index in [4.69, 9.17) is 5.26 Å². The van der Waals surface area contributed by atoms with Crippen molar-refractivity contribution in [2.45, 2.75) is 0 Å². The van der Waals surface area contributed by atoms with Crippen molar-refractivity contribution in [2.24, 2.45) is 0 Å². The van der Waals surface area contributed by atoms with Crippen LogP contribution in [0.15, 0.2) is 42.5 Å². The third-order valence-corrected chi connectivity index (χ3v) is 2.44. The largest absolute Gasteiger partial charge is 0.354 e. The molecule has 0 saturated carbocycles. The summed E-state index contributed by atoms with van der Waals surface area (Å²) in [6.07, 6.45) is 0. The van der Waals surface area contributed by atoms with Crippen molar-refractivity contribution >= 4 is 17.1 Å². The summed E-state index contributed by atoms with van der Waals surface area (Å²) in [4.78, 5) is 10.0. The van der Waals surface area contributed by atoms with Crippen molar-refractivity contribution < 1.29 is 9.31 Å². The number of rotatable bonds is 3. The molecule has 0 saturated heterocycles. The maximum absolute atomic E-state index is 13.0. The molecule has 0 heterocycles. The van der Waals surface area contributed by atoms with Crippen LogP contribution in [0.5, 0.6) is 0 Å². The molecule has 94 valence electrons. The zero-order valence-corrected chi connectivity index (χ0v) is 9.63. The van der Waals surface area contributed by atoms with Gasteiger partial charge < -0.3 is 5.32 Å². The van der Waals surface area contributed by atoms with Crippen LogP contribution in [0.1, 0.15) is 5.56 Å². The number of nitro groups is 1. The van der Waals surface area contributed by atoms with Gasteiger partial charge in [-0.25, -0.2) is 4.39 Å². The number of nitriles is 1. The molecule has 5 nitrogen and oxygen atoms in total. The summed E-state index contributed by atoms with van der Waals surface area (Å²) < 4.78 is 13.0. The number of non-ortho nitro benzene ring substituents is 1. The van der Waals surface area contributed by atoms with E-state index < -0.39 is 10.7 Å². The third kappa shape index (κ3) is 2.84. The van der Waals surface area contributed by atoms with Crippen molar-refractivity contribution in [2.75, 3.05) is 5.32 Å². The number of benzene rings is 2. The van der Waals surface area contributed by atoms with Crippen LogP contribution >= 0.6 is 0 Å². The summed E-state index contributed by atoms with van der Waals surface area (Å²) in [5.74, 6) is -0.412. The van der Waals surface area contributed by atoms with Gasteiger partial charge in [0.05, 0.1) is 16.2 Å². The molecular weight excluding hydrogens is 249 g/mol. The van der Waals surface area contributed by atoms with Crippen molar-refractivity contribution in [1.82, 2.24) is 0 Å². The molecule has 0 unspecified atom stereocenters. The van der Waals surface area contributed by atoms with Crippen LogP contribution in [-0.4, -0.2) is 4.92 Å². The van der Waals surface area contributed by atoms with E-state index in [1.54, 1.807) is 6.07 Å². The smallest absolute Gasteiger partial charge is 0.270 e. The molecule has 0 aliphatic rings. The minimum Gasteiger partial charge on any atom is -0.354 e. The lowest BCUT2D eigenvalue weighted by Gasteiger charge is -2.07. The summed E-state index contributed by atoms with van der Waals surface area (Å²) in [5.41, 5.74) is 0.809. The summed E-state index contributed by atoms with van der Waals surface area (Å²) in [6.45, 7) is 0. The molecule has 2 aromatic carbocycles. The van der Waals surface area contributed by atoms with Crippen molar-refractivity contribution in [3.05, 3.63) is 64.0 Å².